The number of hydrogen-bond acceptors (Lipinski definition) is 9. The maximum atomic E-state index is 13.5. The van der Waals surface area contributed by atoms with Crippen molar-refractivity contribution in [3.63, 3.8) is 0 Å². The van der Waals surface area contributed by atoms with Crippen molar-refractivity contribution < 1.29 is 18.3 Å². The summed E-state index contributed by atoms with van der Waals surface area (Å²) in [7, 11) is 0. The third-order valence-electron chi connectivity index (χ3n) is 5.05. The fourth-order valence-corrected chi connectivity index (χ4v) is 3.47. The lowest BCUT2D eigenvalue weighted by Gasteiger charge is -2.36. The summed E-state index contributed by atoms with van der Waals surface area (Å²) in [4.78, 5) is 25.4. The zero-order valence-electron chi connectivity index (χ0n) is 16.3. The maximum absolute atomic E-state index is 13.5. The van der Waals surface area contributed by atoms with Crippen molar-refractivity contribution in [2.24, 2.45) is 0 Å². The molecule has 4 rings (SSSR count). The molecule has 29 heavy (non-hydrogen) atoms. The first kappa shape index (κ1) is 19.8. The van der Waals surface area contributed by atoms with Crippen LogP contribution in [0.2, 0.25) is 0 Å². The van der Waals surface area contributed by atoms with Crippen LogP contribution in [0.15, 0.2) is 12.5 Å². The summed E-state index contributed by atoms with van der Waals surface area (Å²) in [6, 6.07) is 0.103. The molecule has 0 radical (unpaired) electrons. The molecule has 0 bridgehead atoms. The Hall–Kier alpha value is -2.53. The molecule has 2 aliphatic rings. The van der Waals surface area contributed by atoms with Gasteiger partial charge in [-0.3, -0.25) is 0 Å². The lowest BCUT2D eigenvalue weighted by molar-refractivity contribution is 0.0969. The highest BCUT2D eigenvalue weighted by atomic mass is 19.3. The van der Waals surface area contributed by atoms with E-state index in [1.807, 2.05) is 23.6 Å². The number of rotatable bonds is 4. The first-order valence-electron chi connectivity index (χ1n) is 9.58. The van der Waals surface area contributed by atoms with Crippen molar-refractivity contribution in [2.75, 3.05) is 49.3 Å². The smallest absolute Gasteiger partial charge is 0.281 e. The average Bonchev–Trinajstić information content (AvgIpc) is 2.74. The van der Waals surface area contributed by atoms with Crippen molar-refractivity contribution in [1.29, 1.82) is 0 Å². The summed E-state index contributed by atoms with van der Waals surface area (Å²) < 4.78 is 38.1. The molecule has 0 spiro atoms. The zero-order chi connectivity index (χ0) is 20.4. The Balaban J connectivity index is 1.82. The van der Waals surface area contributed by atoms with E-state index in [0.717, 1.165) is 6.33 Å². The van der Waals surface area contributed by atoms with Gasteiger partial charge in [0.05, 0.1) is 44.1 Å². The molecule has 0 saturated carbocycles. The van der Waals surface area contributed by atoms with E-state index in [4.69, 9.17) is 9.47 Å². The number of halogens is 2. The van der Waals surface area contributed by atoms with Gasteiger partial charge in [0.25, 0.3) is 6.43 Å². The zero-order valence-corrected chi connectivity index (χ0v) is 16.3. The predicted molar refractivity (Wildman–Crippen MR) is 101 cm³/mol. The summed E-state index contributed by atoms with van der Waals surface area (Å²) in [5.41, 5.74) is -0.289. The lowest BCUT2D eigenvalue weighted by Crippen LogP contribution is -2.46. The number of nitrogens with zero attached hydrogens (tertiary/aromatic N) is 7. The van der Waals surface area contributed by atoms with Crippen molar-refractivity contribution >= 4 is 11.9 Å². The van der Waals surface area contributed by atoms with Gasteiger partial charge in [-0.1, -0.05) is 0 Å². The molecule has 11 heteroatoms. The highest BCUT2D eigenvalue weighted by molar-refractivity contribution is 5.60. The van der Waals surface area contributed by atoms with E-state index in [2.05, 4.69) is 24.9 Å². The van der Waals surface area contributed by atoms with Gasteiger partial charge in [-0.15, -0.1) is 0 Å². The number of anilines is 2. The first-order valence-corrected chi connectivity index (χ1v) is 9.58. The predicted octanol–water partition coefficient (Wildman–Crippen LogP) is 1.72. The number of morpholine rings is 2. The third-order valence-corrected chi connectivity index (χ3v) is 5.05. The van der Waals surface area contributed by atoms with E-state index in [-0.39, 0.29) is 23.5 Å². The minimum absolute atomic E-state index is 0.0514. The molecule has 2 aromatic rings. The van der Waals surface area contributed by atoms with Crippen LogP contribution < -0.4 is 9.80 Å². The Kier molecular flexibility index (Phi) is 5.76. The van der Waals surface area contributed by atoms with E-state index in [9.17, 15) is 8.78 Å². The summed E-state index contributed by atoms with van der Waals surface area (Å²) in [6.07, 6.45) is -0.341. The van der Waals surface area contributed by atoms with Gasteiger partial charge in [-0.05, 0) is 13.8 Å². The minimum Gasteiger partial charge on any atom is -0.377 e. The van der Waals surface area contributed by atoms with Crippen LogP contribution >= 0.6 is 0 Å². The van der Waals surface area contributed by atoms with E-state index >= 15 is 0 Å². The van der Waals surface area contributed by atoms with Crippen molar-refractivity contribution in [2.45, 2.75) is 32.4 Å². The van der Waals surface area contributed by atoms with Gasteiger partial charge >= 0.3 is 0 Å². The third kappa shape index (κ3) is 4.10. The molecule has 2 saturated heterocycles. The fraction of sp³-hybridized carbons (Fsp3) is 0.611. The van der Waals surface area contributed by atoms with Gasteiger partial charge in [-0.25, -0.2) is 18.7 Å². The van der Waals surface area contributed by atoms with E-state index in [1.165, 1.54) is 6.20 Å². The highest BCUT2D eigenvalue weighted by Crippen LogP contribution is 2.29. The largest absolute Gasteiger partial charge is 0.377 e. The van der Waals surface area contributed by atoms with E-state index in [1.54, 1.807) is 0 Å². The Bertz CT molecular complexity index is 816. The standard InChI is InChI=1S/C18H23F2N7O2/c1-11-8-28-5-3-26(11)17-23-16(13-7-21-10-22-14(13)15(19)20)24-18(25-17)27-4-6-29-9-12(27)2/h7,10-12,15H,3-6,8-9H2,1-2H3/t11-,12-/m0/s1. The van der Waals surface area contributed by atoms with Crippen LogP contribution in [0, 0.1) is 0 Å². The van der Waals surface area contributed by atoms with Crippen LogP contribution in [0.3, 0.4) is 0 Å². The van der Waals surface area contributed by atoms with Crippen molar-refractivity contribution in [1.82, 2.24) is 24.9 Å². The fourth-order valence-electron chi connectivity index (χ4n) is 3.47. The van der Waals surface area contributed by atoms with Crippen LogP contribution in [0.5, 0.6) is 0 Å². The molecule has 0 N–H and O–H groups in total. The summed E-state index contributed by atoms with van der Waals surface area (Å²) in [5.74, 6) is 1.01. The second-order valence-corrected chi connectivity index (χ2v) is 7.12. The molecule has 2 fully saturated rings. The normalized spacial score (nSPS) is 22.9. The monoisotopic (exact) mass is 407 g/mol. The summed E-state index contributed by atoms with van der Waals surface area (Å²) in [5, 5.41) is 0. The van der Waals surface area contributed by atoms with E-state index < -0.39 is 12.1 Å². The molecule has 0 unspecified atom stereocenters. The Morgan fingerprint density at radius 2 is 1.55 bits per heavy atom. The molecule has 2 atom stereocenters. The average molecular weight is 407 g/mol. The number of aromatic nitrogens is 5. The molecule has 2 aromatic heterocycles. The van der Waals surface area contributed by atoms with Gasteiger partial charge in [0.1, 0.15) is 12.0 Å². The van der Waals surface area contributed by atoms with Crippen LogP contribution in [-0.2, 0) is 9.47 Å². The molecule has 2 aliphatic heterocycles. The number of alkyl halides is 2. The first-order chi connectivity index (χ1) is 14.0. The topological polar surface area (TPSA) is 89.4 Å². The van der Waals surface area contributed by atoms with Gasteiger partial charge < -0.3 is 19.3 Å². The van der Waals surface area contributed by atoms with Gasteiger partial charge in [0.2, 0.25) is 11.9 Å². The second kappa shape index (κ2) is 8.46. The Morgan fingerprint density at radius 1 is 0.966 bits per heavy atom. The Labute approximate surface area is 167 Å². The van der Waals surface area contributed by atoms with Crippen LogP contribution in [0.4, 0.5) is 20.7 Å². The van der Waals surface area contributed by atoms with Crippen molar-refractivity contribution in [3.8, 4) is 11.4 Å². The van der Waals surface area contributed by atoms with Crippen LogP contribution in [0.1, 0.15) is 26.0 Å². The van der Waals surface area contributed by atoms with Crippen LogP contribution in [-0.4, -0.2) is 76.5 Å². The van der Waals surface area contributed by atoms with Gasteiger partial charge in [0, 0.05) is 19.3 Å². The molecule has 0 aromatic carbocycles. The van der Waals surface area contributed by atoms with Crippen LogP contribution in [0.25, 0.3) is 11.4 Å². The molecular weight excluding hydrogens is 384 g/mol. The second-order valence-electron chi connectivity index (χ2n) is 7.12. The molecule has 0 aliphatic carbocycles. The summed E-state index contributed by atoms with van der Waals surface area (Å²) >= 11 is 0. The molecule has 0 amide bonds. The molecule has 156 valence electrons. The highest BCUT2D eigenvalue weighted by Gasteiger charge is 2.28. The Morgan fingerprint density at radius 3 is 2.07 bits per heavy atom. The quantitative estimate of drug-likeness (QED) is 0.751. The SMILES string of the molecule is C[C@H]1COCCN1c1nc(-c2cncnc2C(F)F)nc(N2CCOC[C@@H]2C)n1. The van der Waals surface area contributed by atoms with E-state index in [0.29, 0.717) is 51.4 Å². The summed E-state index contributed by atoms with van der Waals surface area (Å²) in [6.45, 7) is 7.41. The lowest BCUT2D eigenvalue weighted by atomic mass is 10.2. The van der Waals surface area contributed by atoms with Crippen molar-refractivity contribution in [3.05, 3.63) is 18.2 Å². The molecule has 9 nitrogen and oxygen atoms in total. The maximum Gasteiger partial charge on any atom is 0.281 e. The minimum atomic E-state index is -2.76. The number of ether oxygens (including phenoxy) is 2. The molecule has 4 heterocycles. The number of hydrogen-bond donors (Lipinski definition) is 0. The molecular formula is C18H23F2N7O2. The van der Waals surface area contributed by atoms with Gasteiger partial charge in [-0.2, -0.15) is 15.0 Å². The van der Waals surface area contributed by atoms with Gasteiger partial charge in [0.15, 0.2) is 5.82 Å².